The zero-order valence-corrected chi connectivity index (χ0v) is 8.67. The summed E-state index contributed by atoms with van der Waals surface area (Å²) in [4.78, 5) is 13.5. The van der Waals surface area contributed by atoms with E-state index in [9.17, 15) is 4.79 Å². The first kappa shape index (κ1) is 10.2. The molecule has 1 atom stereocenters. The van der Waals surface area contributed by atoms with E-state index in [-0.39, 0.29) is 11.9 Å². The molecule has 15 heavy (non-hydrogen) atoms. The van der Waals surface area contributed by atoms with Gasteiger partial charge in [-0.05, 0) is 18.9 Å². The quantitative estimate of drug-likeness (QED) is 0.750. The maximum Gasteiger partial charge on any atom is 0.239 e. The number of hydrogen-bond donors (Lipinski definition) is 1. The van der Waals surface area contributed by atoms with Crippen LogP contribution >= 0.6 is 0 Å². The highest BCUT2D eigenvalue weighted by Crippen LogP contribution is 2.09. The van der Waals surface area contributed by atoms with Crippen molar-refractivity contribution in [3.8, 4) is 0 Å². The highest BCUT2D eigenvalue weighted by Gasteiger charge is 2.24. The molecule has 1 fully saturated rings. The summed E-state index contributed by atoms with van der Waals surface area (Å²) in [6.45, 7) is 2.27. The zero-order valence-electron chi connectivity index (χ0n) is 8.67. The van der Waals surface area contributed by atoms with E-state index < -0.39 is 0 Å². The van der Waals surface area contributed by atoms with E-state index in [2.05, 4.69) is 5.10 Å². The Balaban J connectivity index is 1.86. The normalized spacial score (nSPS) is 22.1. The van der Waals surface area contributed by atoms with Gasteiger partial charge in [-0.15, -0.1) is 0 Å². The van der Waals surface area contributed by atoms with Gasteiger partial charge in [-0.25, -0.2) is 0 Å². The van der Waals surface area contributed by atoms with Crippen LogP contribution in [0.1, 0.15) is 12.8 Å². The fourth-order valence-corrected chi connectivity index (χ4v) is 1.85. The van der Waals surface area contributed by atoms with Crippen LogP contribution in [0.4, 0.5) is 0 Å². The SMILES string of the molecule is NC1CCCN(CCn2cccn2)C1=O. The maximum absolute atomic E-state index is 11.7. The van der Waals surface area contributed by atoms with E-state index in [1.165, 1.54) is 0 Å². The molecule has 1 aliphatic heterocycles. The number of hydrogen-bond acceptors (Lipinski definition) is 3. The average molecular weight is 208 g/mol. The van der Waals surface area contributed by atoms with Crippen LogP contribution in [0.5, 0.6) is 0 Å². The summed E-state index contributed by atoms with van der Waals surface area (Å²) < 4.78 is 1.83. The van der Waals surface area contributed by atoms with Crippen molar-refractivity contribution in [1.29, 1.82) is 0 Å². The Hall–Kier alpha value is -1.36. The molecule has 1 aromatic heterocycles. The first-order valence-corrected chi connectivity index (χ1v) is 5.29. The van der Waals surface area contributed by atoms with Crippen LogP contribution in [-0.2, 0) is 11.3 Å². The number of nitrogens with zero attached hydrogens (tertiary/aromatic N) is 3. The molecule has 1 amide bonds. The second kappa shape index (κ2) is 4.44. The fourth-order valence-electron chi connectivity index (χ4n) is 1.85. The minimum atomic E-state index is -0.295. The van der Waals surface area contributed by atoms with Gasteiger partial charge in [0.15, 0.2) is 0 Å². The smallest absolute Gasteiger partial charge is 0.239 e. The molecule has 0 aromatic carbocycles. The third-order valence-corrected chi connectivity index (χ3v) is 2.73. The van der Waals surface area contributed by atoms with Gasteiger partial charge in [0.2, 0.25) is 5.91 Å². The first-order valence-electron chi connectivity index (χ1n) is 5.29. The lowest BCUT2D eigenvalue weighted by molar-refractivity contribution is -0.135. The molecule has 0 aliphatic carbocycles. The Morgan fingerprint density at radius 1 is 1.53 bits per heavy atom. The van der Waals surface area contributed by atoms with E-state index in [0.717, 1.165) is 25.9 Å². The summed E-state index contributed by atoms with van der Waals surface area (Å²) in [6, 6.07) is 1.58. The van der Waals surface area contributed by atoms with Crippen LogP contribution < -0.4 is 5.73 Å². The van der Waals surface area contributed by atoms with Gasteiger partial charge in [0, 0.05) is 25.5 Å². The lowest BCUT2D eigenvalue weighted by atomic mass is 10.1. The van der Waals surface area contributed by atoms with Gasteiger partial charge in [-0.1, -0.05) is 0 Å². The topological polar surface area (TPSA) is 64.2 Å². The summed E-state index contributed by atoms with van der Waals surface area (Å²) >= 11 is 0. The van der Waals surface area contributed by atoms with Gasteiger partial charge in [0.05, 0.1) is 12.6 Å². The Morgan fingerprint density at radius 2 is 2.40 bits per heavy atom. The molecule has 0 bridgehead atoms. The average Bonchev–Trinajstić information content (AvgIpc) is 2.73. The van der Waals surface area contributed by atoms with Gasteiger partial charge in [0.25, 0.3) is 0 Å². The van der Waals surface area contributed by atoms with Crippen molar-refractivity contribution in [2.24, 2.45) is 5.73 Å². The van der Waals surface area contributed by atoms with Crippen LogP contribution in [-0.4, -0.2) is 39.7 Å². The van der Waals surface area contributed by atoms with Gasteiger partial charge >= 0.3 is 0 Å². The van der Waals surface area contributed by atoms with Crippen LogP contribution in [0.2, 0.25) is 0 Å². The molecule has 2 N–H and O–H groups in total. The molecular formula is C10H16N4O. The monoisotopic (exact) mass is 208 g/mol. The summed E-state index contributed by atoms with van der Waals surface area (Å²) in [7, 11) is 0. The Morgan fingerprint density at radius 3 is 3.13 bits per heavy atom. The molecule has 2 rings (SSSR count). The Labute approximate surface area is 88.8 Å². The highest BCUT2D eigenvalue weighted by atomic mass is 16.2. The van der Waals surface area contributed by atoms with Crippen molar-refractivity contribution < 1.29 is 4.79 Å². The van der Waals surface area contributed by atoms with Crippen molar-refractivity contribution in [1.82, 2.24) is 14.7 Å². The Kier molecular flexibility index (Phi) is 3.01. The number of aromatic nitrogens is 2. The molecule has 1 saturated heterocycles. The third kappa shape index (κ3) is 2.36. The van der Waals surface area contributed by atoms with Crippen LogP contribution in [0.15, 0.2) is 18.5 Å². The summed E-state index contributed by atoms with van der Waals surface area (Å²) in [6.07, 6.45) is 5.46. The molecule has 1 aromatic rings. The third-order valence-electron chi connectivity index (χ3n) is 2.73. The molecule has 0 spiro atoms. The van der Waals surface area contributed by atoms with Gasteiger partial charge in [-0.3, -0.25) is 9.48 Å². The minimum absolute atomic E-state index is 0.0772. The number of likely N-dealkylation sites (tertiary alicyclic amines) is 1. The molecule has 82 valence electrons. The first-order chi connectivity index (χ1) is 7.27. The second-order valence-corrected chi connectivity index (χ2v) is 3.84. The van der Waals surface area contributed by atoms with E-state index in [4.69, 9.17) is 5.73 Å². The number of nitrogens with two attached hydrogens (primary N) is 1. The van der Waals surface area contributed by atoms with Gasteiger partial charge in [0.1, 0.15) is 0 Å². The van der Waals surface area contributed by atoms with Gasteiger partial charge in [-0.2, -0.15) is 5.10 Å². The van der Waals surface area contributed by atoms with Crippen molar-refractivity contribution in [2.45, 2.75) is 25.4 Å². The van der Waals surface area contributed by atoms with Crippen LogP contribution in [0.25, 0.3) is 0 Å². The van der Waals surface area contributed by atoms with Crippen molar-refractivity contribution in [3.05, 3.63) is 18.5 Å². The molecule has 2 heterocycles. The van der Waals surface area contributed by atoms with Crippen LogP contribution in [0, 0.1) is 0 Å². The number of carbonyl (C=O) groups is 1. The molecule has 1 unspecified atom stereocenters. The number of amides is 1. The molecule has 5 heteroatoms. The van der Waals surface area contributed by atoms with Crippen molar-refractivity contribution in [3.63, 3.8) is 0 Å². The number of carbonyl (C=O) groups excluding carboxylic acids is 1. The van der Waals surface area contributed by atoms with E-state index in [1.807, 2.05) is 21.8 Å². The highest BCUT2D eigenvalue weighted by molar-refractivity contribution is 5.82. The second-order valence-electron chi connectivity index (χ2n) is 3.84. The summed E-state index contributed by atoms with van der Waals surface area (Å²) in [5.41, 5.74) is 5.70. The standard InChI is InChI=1S/C10H16N4O/c11-9-3-1-5-13(10(9)15)7-8-14-6-2-4-12-14/h2,4,6,9H,1,3,5,7-8,11H2. The molecule has 0 saturated carbocycles. The summed E-state index contributed by atoms with van der Waals surface area (Å²) in [5.74, 6) is 0.0772. The van der Waals surface area contributed by atoms with E-state index in [0.29, 0.717) is 6.54 Å². The Bertz CT molecular complexity index is 322. The fraction of sp³-hybridized carbons (Fsp3) is 0.600. The predicted octanol–water partition coefficient (Wildman–Crippen LogP) is -0.167. The predicted molar refractivity (Wildman–Crippen MR) is 56.0 cm³/mol. The molecule has 5 nitrogen and oxygen atoms in total. The van der Waals surface area contributed by atoms with E-state index in [1.54, 1.807) is 6.20 Å². The minimum Gasteiger partial charge on any atom is -0.339 e. The largest absolute Gasteiger partial charge is 0.339 e. The number of piperidine rings is 1. The molecule has 0 radical (unpaired) electrons. The summed E-state index contributed by atoms with van der Waals surface area (Å²) in [5, 5.41) is 4.09. The lowest BCUT2D eigenvalue weighted by Gasteiger charge is -2.30. The zero-order chi connectivity index (χ0) is 10.7. The number of rotatable bonds is 3. The molecule has 1 aliphatic rings. The van der Waals surface area contributed by atoms with E-state index >= 15 is 0 Å². The van der Waals surface area contributed by atoms with Gasteiger partial charge < -0.3 is 10.6 Å². The molecular weight excluding hydrogens is 192 g/mol. The van der Waals surface area contributed by atoms with Crippen LogP contribution in [0.3, 0.4) is 0 Å². The lowest BCUT2D eigenvalue weighted by Crippen LogP contribution is -2.49. The van der Waals surface area contributed by atoms with Crippen molar-refractivity contribution >= 4 is 5.91 Å². The van der Waals surface area contributed by atoms with Crippen molar-refractivity contribution in [2.75, 3.05) is 13.1 Å². The maximum atomic E-state index is 11.7.